The number of carbonyl (C=O) groups excluding carboxylic acids is 1. The average molecular weight is 544 g/mol. The molecule has 0 fully saturated rings. The van der Waals surface area contributed by atoms with Crippen molar-refractivity contribution >= 4 is 33.5 Å². The van der Waals surface area contributed by atoms with E-state index in [1.54, 1.807) is 60.7 Å². The Morgan fingerprint density at radius 3 is 2.46 bits per heavy atom. The molecule has 0 aliphatic carbocycles. The summed E-state index contributed by atoms with van der Waals surface area (Å²) in [6, 6.07) is 22.2. The van der Waals surface area contributed by atoms with E-state index in [-0.39, 0.29) is 28.5 Å². The largest absolute Gasteiger partial charge is 0.337 e. The van der Waals surface area contributed by atoms with E-state index in [1.165, 1.54) is 24.7 Å². The van der Waals surface area contributed by atoms with E-state index in [2.05, 4.69) is 30.5 Å². The highest BCUT2D eigenvalue weighted by atomic mass is 19.1. The zero-order valence-electron chi connectivity index (χ0n) is 21.2. The molecule has 198 valence electrons. The van der Waals surface area contributed by atoms with Crippen LogP contribution < -0.4 is 5.32 Å². The summed E-state index contributed by atoms with van der Waals surface area (Å²) >= 11 is 0. The highest BCUT2D eigenvalue weighted by Crippen LogP contribution is 2.35. The summed E-state index contributed by atoms with van der Waals surface area (Å²) in [5, 5.41) is 10.1. The monoisotopic (exact) mass is 543 g/mol. The molecule has 3 N–H and O–H groups in total. The van der Waals surface area contributed by atoms with Gasteiger partial charge in [-0.3, -0.25) is 19.9 Å². The van der Waals surface area contributed by atoms with Gasteiger partial charge in [-0.05, 0) is 30.3 Å². The summed E-state index contributed by atoms with van der Waals surface area (Å²) in [6.07, 6.45) is 4.43. The first-order valence-electron chi connectivity index (χ1n) is 12.7. The van der Waals surface area contributed by atoms with Crippen molar-refractivity contribution in [2.45, 2.75) is 0 Å². The van der Waals surface area contributed by atoms with Gasteiger partial charge in [0.15, 0.2) is 11.6 Å². The molecule has 41 heavy (non-hydrogen) atoms. The van der Waals surface area contributed by atoms with Gasteiger partial charge < -0.3 is 10.3 Å². The van der Waals surface area contributed by atoms with E-state index in [0.717, 1.165) is 0 Å². The number of fused-ring (bicyclic) bond motifs is 2. The molecule has 3 aromatic carbocycles. The van der Waals surface area contributed by atoms with Crippen molar-refractivity contribution in [3.63, 3.8) is 0 Å². The van der Waals surface area contributed by atoms with Crippen molar-refractivity contribution in [3.8, 4) is 33.9 Å². The zero-order valence-corrected chi connectivity index (χ0v) is 21.2. The molecule has 1 amide bonds. The maximum atomic E-state index is 16.1. The van der Waals surface area contributed by atoms with Crippen molar-refractivity contribution in [3.05, 3.63) is 115 Å². The van der Waals surface area contributed by atoms with E-state index >= 15 is 4.39 Å². The van der Waals surface area contributed by atoms with Gasteiger partial charge in [-0.25, -0.2) is 13.8 Å². The number of hydrogen-bond donors (Lipinski definition) is 3. The topological polar surface area (TPSA) is 112 Å². The first-order chi connectivity index (χ1) is 20.1. The highest BCUT2D eigenvalue weighted by Gasteiger charge is 2.22. The van der Waals surface area contributed by atoms with Gasteiger partial charge >= 0.3 is 0 Å². The Kier molecular flexibility index (Phi) is 5.78. The molecule has 8 nitrogen and oxygen atoms in total. The quantitative estimate of drug-likeness (QED) is 0.222. The number of aromatic amines is 2. The van der Waals surface area contributed by atoms with Crippen LogP contribution >= 0.6 is 0 Å². The Hall–Kier alpha value is -5.77. The lowest BCUT2D eigenvalue weighted by molar-refractivity contribution is 0.102. The molecule has 0 bridgehead atoms. The summed E-state index contributed by atoms with van der Waals surface area (Å²) < 4.78 is 30.7. The minimum atomic E-state index is -0.630. The minimum absolute atomic E-state index is 0.0339. The number of nitrogens with one attached hydrogen (secondary N) is 3. The summed E-state index contributed by atoms with van der Waals surface area (Å²) in [6.45, 7) is 0. The van der Waals surface area contributed by atoms with Crippen molar-refractivity contribution in [1.82, 2.24) is 30.1 Å². The SMILES string of the molecule is O=C(Nc1cncc(-c2ncc3[nH]nc(-c4nc5c(-c6ccccc6F)cccc5[nH]4)c3c2F)c1)c1ccccc1. The summed E-state index contributed by atoms with van der Waals surface area (Å²) in [7, 11) is 0. The minimum Gasteiger partial charge on any atom is -0.337 e. The van der Waals surface area contributed by atoms with E-state index in [9.17, 15) is 9.18 Å². The Labute approximate surface area is 231 Å². The molecule has 0 aliphatic heterocycles. The van der Waals surface area contributed by atoms with Gasteiger partial charge in [0.1, 0.15) is 17.2 Å². The maximum absolute atomic E-state index is 16.1. The van der Waals surface area contributed by atoms with Crippen LogP contribution in [0, 0.1) is 11.6 Å². The summed E-state index contributed by atoms with van der Waals surface area (Å²) in [5.74, 6) is -1.00. The second kappa shape index (κ2) is 9.76. The average Bonchev–Trinajstić information content (AvgIpc) is 3.63. The number of nitrogens with zero attached hydrogens (tertiary/aromatic N) is 4. The maximum Gasteiger partial charge on any atom is 0.255 e. The normalized spacial score (nSPS) is 11.3. The third-order valence-corrected chi connectivity index (χ3v) is 6.75. The molecule has 0 unspecified atom stereocenters. The van der Waals surface area contributed by atoms with Crippen LogP contribution in [0.2, 0.25) is 0 Å². The van der Waals surface area contributed by atoms with E-state index in [0.29, 0.717) is 50.3 Å². The van der Waals surface area contributed by atoms with E-state index in [4.69, 9.17) is 4.98 Å². The molecular weight excluding hydrogens is 524 g/mol. The fourth-order valence-corrected chi connectivity index (χ4v) is 4.82. The highest BCUT2D eigenvalue weighted by molar-refractivity contribution is 6.04. The lowest BCUT2D eigenvalue weighted by Gasteiger charge is -2.08. The van der Waals surface area contributed by atoms with Crippen LogP contribution in [0.5, 0.6) is 0 Å². The summed E-state index contributed by atoms with van der Waals surface area (Å²) in [4.78, 5) is 29.0. The van der Waals surface area contributed by atoms with Crippen LogP contribution in [0.3, 0.4) is 0 Å². The van der Waals surface area contributed by atoms with Gasteiger partial charge in [0.2, 0.25) is 0 Å². The van der Waals surface area contributed by atoms with Gasteiger partial charge in [-0.1, -0.05) is 48.5 Å². The Morgan fingerprint density at radius 2 is 1.61 bits per heavy atom. The number of rotatable bonds is 5. The fourth-order valence-electron chi connectivity index (χ4n) is 4.82. The number of amides is 1. The predicted molar refractivity (Wildman–Crippen MR) is 152 cm³/mol. The third-order valence-electron chi connectivity index (χ3n) is 6.75. The van der Waals surface area contributed by atoms with Crippen LogP contribution in [0.1, 0.15) is 10.4 Å². The number of benzene rings is 3. The Bertz CT molecular complexity index is 2090. The molecule has 10 heteroatoms. The molecule has 7 rings (SSSR count). The van der Waals surface area contributed by atoms with Crippen molar-refractivity contribution in [1.29, 1.82) is 0 Å². The van der Waals surface area contributed by atoms with Crippen molar-refractivity contribution < 1.29 is 13.6 Å². The number of para-hydroxylation sites is 1. The molecule has 0 aliphatic rings. The molecule has 4 aromatic heterocycles. The van der Waals surface area contributed by atoms with E-state index in [1.807, 2.05) is 12.1 Å². The van der Waals surface area contributed by atoms with Crippen LogP contribution in [-0.2, 0) is 0 Å². The van der Waals surface area contributed by atoms with Gasteiger partial charge in [0, 0.05) is 28.5 Å². The molecule has 0 spiro atoms. The number of imidazole rings is 1. The number of hydrogen-bond acceptors (Lipinski definition) is 5. The van der Waals surface area contributed by atoms with Crippen LogP contribution in [0.25, 0.3) is 55.8 Å². The van der Waals surface area contributed by atoms with Gasteiger partial charge in [-0.15, -0.1) is 0 Å². The number of H-pyrrole nitrogens is 2. The molecular formula is C31H19F2N7O. The Morgan fingerprint density at radius 1 is 0.805 bits per heavy atom. The molecule has 0 saturated carbocycles. The molecule has 4 heterocycles. The second-order valence-electron chi connectivity index (χ2n) is 9.33. The van der Waals surface area contributed by atoms with E-state index < -0.39 is 5.82 Å². The number of aromatic nitrogens is 6. The molecule has 0 saturated heterocycles. The molecule has 0 radical (unpaired) electrons. The first-order valence-corrected chi connectivity index (χ1v) is 12.7. The number of halogens is 2. The lowest BCUT2D eigenvalue weighted by Crippen LogP contribution is -2.11. The summed E-state index contributed by atoms with van der Waals surface area (Å²) in [5.41, 5.74) is 4.09. The van der Waals surface area contributed by atoms with Gasteiger partial charge in [0.25, 0.3) is 5.91 Å². The lowest BCUT2D eigenvalue weighted by atomic mass is 10.0. The van der Waals surface area contributed by atoms with Crippen LogP contribution in [-0.4, -0.2) is 36.0 Å². The van der Waals surface area contributed by atoms with Crippen LogP contribution in [0.4, 0.5) is 14.5 Å². The standard InChI is InChI=1S/C31H19F2N7O/c32-22-11-5-4-9-20(22)21-10-6-12-23-28(21)38-30(37-23)29-25-24(39-40-29)16-35-27(26(25)33)18-13-19(15-34-14-18)36-31(41)17-7-2-1-3-8-17/h1-16H,(H,36,41)(H,37,38)(H,39,40). The Balaban J connectivity index is 1.29. The van der Waals surface area contributed by atoms with Gasteiger partial charge in [0.05, 0.1) is 40.0 Å². The van der Waals surface area contributed by atoms with Crippen LogP contribution in [0.15, 0.2) is 97.5 Å². The number of anilines is 1. The zero-order chi connectivity index (χ0) is 27.9. The number of carbonyl (C=O) groups is 1. The van der Waals surface area contributed by atoms with Crippen molar-refractivity contribution in [2.24, 2.45) is 0 Å². The predicted octanol–water partition coefficient (Wildman–Crippen LogP) is 6.76. The van der Waals surface area contributed by atoms with Crippen molar-refractivity contribution in [2.75, 3.05) is 5.32 Å². The van der Waals surface area contributed by atoms with Gasteiger partial charge in [-0.2, -0.15) is 5.10 Å². The first kappa shape index (κ1) is 24.3. The third kappa shape index (κ3) is 4.27. The number of pyridine rings is 2. The molecule has 0 atom stereocenters. The fraction of sp³-hybridized carbons (Fsp3) is 0. The smallest absolute Gasteiger partial charge is 0.255 e. The second-order valence-corrected chi connectivity index (χ2v) is 9.33. The molecule has 7 aromatic rings.